The Bertz CT molecular complexity index is 385. The molecule has 0 bridgehead atoms. The quantitative estimate of drug-likeness (QED) is 0.851. The summed E-state index contributed by atoms with van der Waals surface area (Å²) in [7, 11) is 2.09. The molecule has 0 aliphatic carbocycles. The van der Waals surface area contributed by atoms with Crippen molar-refractivity contribution in [2.24, 2.45) is 5.92 Å². The second-order valence-corrected chi connectivity index (χ2v) is 5.25. The molecule has 0 spiro atoms. The fourth-order valence-corrected chi connectivity index (χ4v) is 2.20. The van der Waals surface area contributed by atoms with Crippen LogP contribution in [0, 0.1) is 5.92 Å². The van der Waals surface area contributed by atoms with Crippen LogP contribution in [0.5, 0.6) is 0 Å². The van der Waals surface area contributed by atoms with Crippen molar-refractivity contribution in [3.63, 3.8) is 0 Å². The number of hydrogen-bond donors (Lipinski definition) is 1. The Labute approximate surface area is 110 Å². The third kappa shape index (κ3) is 3.51. The number of amides is 1. The SMILES string of the molecule is CN1CCC(C(=O)Nc2ccc(Br)nc2)CC1. The normalized spacial score (nSPS) is 18.0. The Morgan fingerprint density at radius 2 is 2.18 bits per heavy atom. The molecule has 0 aromatic carbocycles. The largest absolute Gasteiger partial charge is 0.324 e. The van der Waals surface area contributed by atoms with Crippen LogP contribution in [-0.2, 0) is 4.79 Å². The molecule has 5 heteroatoms. The number of likely N-dealkylation sites (tertiary alicyclic amines) is 1. The summed E-state index contributed by atoms with van der Waals surface area (Å²) in [6.45, 7) is 1.99. The topological polar surface area (TPSA) is 45.2 Å². The second-order valence-electron chi connectivity index (χ2n) is 4.44. The number of nitrogens with zero attached hydrogens (tertiary/aromatic N) is 2. The van der Waals surface area contributed by atoms with Gasteiger partial charge >= 0.3 is 0 Å². The average Bonchev–Trinajstić information content (AvgIpc) is 2.33. The van der Waals surface area contributed by atoms with Gasteiger partial charge in [-0.1, -0.05) is 0 Å². The van der Waals surface area contributed by atoms with Gasteiger partial charge in [-0.2, -0.15) is 0 Å². The van der Waals surface area contributed by atoms with Crippen LogP contribution in [0.2, 0.25) is 0 Å². The molecular formula is C12H16BrN3O. The lowest BCUT2D eigenvalue weighted by molar-refractivity contribution is -0.121. The van der Waals surface area contributed by atoms with Crippen molar-refractivity contribution in [3.05, 3.63) is 22.9 Å². The highest BCUT2D eigenvalue weighted by Crippen LogP contribution is 2.18. The van der Waals surface area contributed by atoms with Crippen LogP contribution in [0.15, 0.2) is 22.9 Å². The van der Waals surface area contributed by atoms with Gasteiger partial charge < -0.3 is 10.2 Å². The molecule has 1 saturated heterocycles. The van der Waals surface area contributed by atoms with E-state index in [4.69, 9.17) is 0 Å². The van der Waals surface area contributed by atoms with Gasteiger partial charge in [0.05, 0.1) is 11.9 Å². The average molecular weight is 298 g/mol. The smallest absolute Gasteiger partial charge is 0.227 e. The summed E-state index contributed by atoms with van der Waals surface area (Å²) in [6.07, 6.45) is 3.54. The molecule has 0 unspecified atom stereocenters. The number of rotatable bonds is 2. The van der Waals surface area contributed by atoms with Crippen molar-refractivity contribution >= 4 is 27.5 Å². The Hall–Kier alpha value is -0.940. The Balaban J connectivity index is 1.90. The van der Waals surface area contributed by atoms with E-state index in [1.807, 2.05) is 12.1 Å². The minimum atomic E-state index is 0.113. The first-order chi connectivity index (χ1) is 8.15. The summed E-state index contributed by atoms with van der Waals surface area (Å²) in [4.78, 5) is 18.3. The molecule has 1 amide bonds. The summed E-state index contributed by atoms with van der Waals surface area (Å²) in [5.74, 6) is 0.247. The van der Waals surface area contributed by atoms with Crippen LogP contribution in [0.25, 0.3) is 0 Å². The molecule has 2 heterocycles. The summed E-state index contributed by atoms with van der Waals surface area (Å²) in [6, 6.07) is 3.67. The van der Waals surface area contributed by atoms with Gasteiger partial charge in [-0.25, -0.2) is 4.98 Å². The molecule has 92 valence electrons. The molecule has 1 aliphatic rings. The number of carbonyl (C=O) groups is 1. The van der Waals surface area contributed by atoms with Crippen molar-refractivity contribution in [1.29, 1.82) is 0 Å². The van der Waals surface area contributed by atoms with Crippen LogP contribution in [0.1, 0.15) is 12.8 Å². The molecule has 17 heavy (non-hydrogen) atoms. The third-order valence-corrected chi connectivity index (χ3v) is 3.55. The van der Waals surface area contributed by atoms with Crippen LogP contribution in [0.4, 0.5) is 5.69 Å². The van der Waals surface area contributed by atoms with E-state index in [9.17, 15) is 4.79 Å². The van der Waals surface area contributed by atoms with Crippen LogP contribution < -0.4 is 5.32 Å². The highest BCUT2D eigenvalue weighted by molar-refractivity contribution is 9.10. The standard InChI is InChI=1S/C12H16BrN3O/c1-16-6-4-9(5-7-16)12(17)15-10-2-3-11(13)14-8-10/h2-3,8-9H,4-7H2,1H3,(H,15,17). The first-order valence-corrected chi connectivity index (χ1v) is 6.55. The first-order valence-electron chi connectivity index (χ1n) is 5.76. The highest BCUT2D eigenvalue weighted by Gasteiger charge is 2.23. The summed E-state index contributed by atoms with van der Waals surface area (Å²) in [5.41, 5.74) is 0.761. The minimum absolute atomic E-state index is 0.113. The van der Waals surface area contributed by atoms with Crippen molar-refractivity contribution < 1.29 is 4.79 Å². The Morgan fingerprint density at radius 3 is 2.76 bits per heavy atom. The van der Waals surface area contributed by atoms with E-state index < -0.39 is 0 Å². The van der Waals surface area contributed by atoms with Crippen LogP contribution >= 0.6 is 15.9 Å². The van der Waals surface area contributed by atoms with Gasteiger partial charge in [0.25, 0.3) is 0 Å². The van der Waals surface area contributed by atoms with E-state index in [-0.39, 0.29) is 11.8 Å². The van der Waals surface area contributed by atoms with E-state index in [0.717, 1.165) is 36.2 Å². The Morgan fingerprint density at radius 1 is 1.47 bits per heavy atom. The lowest BCUT2D eigenvalue weighted by atomic mass is 9.96. The van der Waals surface area contributed by atoms with Crippen molar-refractivity contribution in [3.8, 4) is 0 Å². The molecule has 4 nitrogen and oxygen atoms in total. The summed E-state index contributed by atoms with van der Waals surface area (Å²) < 4.78 is 0.773. The highest BCUT2D eigenvalue weighted by atomic mass is 79.9. The predicted molar refractivity (Wildman–Crippen MR) is 70.8 cm³/mol. The molecule has 0 saturated carbocycles. The molecule has 1 aromatic heterocycles. The number of hydrogen-bond acceptors (Lipinski definition) is 3. The van der Waals surface area contributed by atoms with Crippen molar-refractivity contribution in [1.82, 2.24) is 9.88 Å². The maximum atomic E-state index is 12.0. The van der Waals surface area contributed by atoms with Crippen molar-refractivity contribution in [2.45, 2.75) is 12.8 Å². The van der Waals surface area contributed by atoms with Crippen molar-refractivity contribution in [2.75, 3.05) is 25.5 Å². The number of anilines is 1. The fraction of sp³-hybridized carbons (Fsp3) is 0.500. The monoisotopic (exact) mass is 297 g/mol. The van der Waals surface area contributed by atoms with E-state index in [0.29, 0.717) is 0 Å². The molecule has 0 atom stereocenters. The van der Waals surface area contributed by atoms with E-state index >= 15 is 0 Å². The molecule has 1 aromatic rings. The molecule has 2 rings (SSSR count). The number of pyridine rings is 1. The van der Waals surface area contributed by atoms with Gasteiger partial charge in [-0.3, -0.25) is 4.79 Å². The zero-order valence-electron chi connectivity index (χ0n) is 9.82. The number of nitrogens with one attached hydrogen (secondary N) is 1. The minimum Gasteiger partial charge on any atom is -0.324 e. The van der Waals surface area contributed by atoms with Gasteiger partial charge in [-0.05, 0) is 61.0 Å². The number of carbonyl (C=O) groups excluding carboxylic acids is 1. The van der Waals surface area contributed by atoms with Gasteiger partial charge in [0.1, 0.15) is 4.60 Å². The van der Waals surface area contributed by atoms with Gasteiger partial charge in [-0.15, -0.1) is 0 Å². The molecule has 1 N–H and O–H groups in total. The zero-order chi connectivity index (χ0) is 12.3. The fourth-order valence-electron chi connectivity index (χ4n) is 1.96. The predicted octanol–water partition coefficient (Wildman–Crippen LogP) is 2.12. The first kappa shape index (κ1) is 12.5. The van der Waals surface area contributed by atoms with Crippen LogP contribution in [0.3, 0.4) is 0 Å². The second kappa shape index (κ2) is 5.60. The van der Waals surface area contributed by atoms with E-state index in [1.54, 1.807) is 6.20 Å². The Kier molecular flexibility index (Phi) is 4.12. The van der Waals surface area contributed by atoms with E-state index in [2.05, 4.69) is 38.2 Å². The maximum absolute atomic E-state index is 12.0. The van der Waals surface area contributed by atoms with Gasteiger partial charge in [0.15, 0.2) is 0 Å². The molecule has 1 fully saturated rings. The molecular weight excluding hydrogens is 282 g/mol. The lowest BCUT2D eigenvalue weighted by Crippen LogP contribution is -2.35. The zero-order valence-corrected chi connectivity index (χ0v) is 11.4. The third-order valence-electron chi connectivity index (χ3n) is 3.08. The van der Waals surface area contributed by atoms with E-state index in [1.165, 1.54) is 0 Å². The summed E-state index contributed by atoms with van der Waals surface area (Å²) >= 11 is 3.27. The summed E-state index contributed by atoms with van der Waals surface area (Å²) in [5, 5.41) is 2.91. The molecule has 1 aliphatic heterocycles. The molecule has 0 radical (unpaired) electrons. The number of piperidine rings is 1. The number of halogens is 1. The van der Waals surface area contributed by atoms with Gasteiger partial charge in [0, 0.05) is 5.92 Å². The van der Waals surface area contributed by atoms with Crippen LogP contribution in [-0.4, -0.2) is 35.9 Å². The maximum Gasteiger partial charge on any atom is 0.227 e. The van der Waals surface area contributed by atoms with Gasteiger partial charge in [0.2, 0.25) is 5.91 Å². The lowest BCUT2D eigenvalue weighted by Gasteiger charge is -2.27. The number of aromatic nitrogens is 1.